The van der Waals surface area contributed by atoms with Gasteiger partial charge in [0.05, 0.1) is 11.4 Å². The van der Waals surface area contributed by atoms with Crippen molar-refractivity contribution in [1.29, 1.82) is 0 Å². The monoisotopic (exact) mass is 331 g/mol. The Labute approximate surface area is 123 Å². The molecule has 112 valence electrons. The molecule has 0 aliphatic heterocycles. The van der Waals surface area contributed by atoms with E-state index in [2.05, 4.69) is 9.71 Å². The normalized spacial score (nSPS) is 14.2. The van der Waals surface area contributed by atoms with Crippen LogP contribution >= 0.6 is 11.3 Å². The predicted octanol–water partition coefficient (Wildman–Crippen LogP) is 2.29. The van der Waals surface area contributed by atoms with E-state index in [0.29, 0.717) is 6.07 Å². The molecule has 9 heteroatoms. The van der Waals surface area contributed by atoms with Gasteiger partial charge in [-0.2, -0.15) is 0 Å². The van der Waals surface area contributed by atoms with Crippen molar-refractivity contribution < 1.29 is 17.2 Å². The van der Waals surface area contributed by atoms with Gasteiger partial charge in [-0.05, 0) is 25.3 Å². The second-order valence-electron chi connectivity index (χ2n) is 4.65. The van der Waals surface area contributed by atoms with Crippen LogP contribution in [0.25, 0.3) is 0 Å². The molecule has 3 N–H and O–H groups in total. The van der Waals surface area contributed by atoms with Gasteiger partial charge in [0.25, 0.3) is 10.0 Å². The van der Waals surface area contributed by atoms with Crippen molar-refractivity contribution in [2.75, 3.05) is 10.5 Å². The summed E-state index contributed by atoms with van der Waals surface area (Å²) in [7, 11) is -4.19. The van der Waals surface area contributed by atoms with Crippen molar-refractivity contribution in [3.8, 4) is 0 Å². The van der Waals surface area contributed by atoms with Gasteiger partial charge in [0.15, 0.2) is 5.13 Å². The van der Waals surface area contributed by atoms with Gasteiger partial charge in [-0.15, -0.1) is 11.3 Å². The molecule has 0 saturated carbocycles. The fourth-order valence-corrected chi connectivity index (χ4v) is 4.53. The van der Waals surface area contributed by atoms with Crippen molar-refractivity contribution in [3.05, 3.63) is 34.3 Å². The van der Waals surface area contributed by atoms with Crippen LogP contribution in [0.3, 0.4) is 0 Å². The Morgan fingerprint density at radius 2 is 2.00 bits per heavy atom. The molecule has 0 spiro atoms. The number of nitrogens with zero attached hydrogens (tertiary/aromatic N) is 1. The third-order valence-electron chi connectivity index (χ3n) is 3.16. The molecule has 5 nitrogen and oxygen atoms in total. The molecule has 21 heavy (non-hydrogen) atoms. The Morgan fingerprint density at radius 3 is 2.71 bits per heavy atom. The number of nitrogen functional groups attached to an aromatic ring is 1. The van der Waals surface area contributed by atoms with E-state index in [4.69, 9.17) is 5.73 Å². The van der Waals surface area contributed by atoms with Gasteiger partial charge in [0.1, 0.15) is 16.5 Å². The summed E-state index contributed by atoms with van der Waals surface area (Å²) in [6.45, 7) is 0. The molecule has 0 atom stereocenters. The predicted molar refractivity (Wildman–Crippen MR) is 75.7 cm³/mol. The van der Waals surface area contributed by atoms with Gasteiger partial charge >= 0.3 is 0 Å². The minimum absolute atomic E-state index is 0.182. The standard InChI is InChI=1S/C12H11F2N3O2S2/c13-6-4-7(14)11(5-8(6)15)21(18,19)17-12-16-9-2-1-3-10(9)20-12/h4-5H,1-3,15H2,(H,16,17). The van der Waals surface area contributed by atoms with Crippen LogP contribution in [-0.4, -0.2) is 13.4 Å². The van der Waals surface area contributed by atoms with Gasteiger partial charge in [0, 0.05) is 10.9 Å². The molecule has 0 saturated heterocycles. The van der Waals surface area contributed by atoms with Crippen LogP contribution < -0.4 is 10.5 Å². The number of hydrogen-bond acceptors (Lipinski definition) is 5. The Kier molecular flexibility index (Phi) is 3.33. The van der Waals surface area contributed by atoms with Crippen molar-refractivity contribution in [2.45, 2.75) is 24.2 Å². The molecular formula is C12H11F2N3O2S2. The number of sulfonamides is 1. The summed E-state index contributed by atoms with van der Waals surface area (Å²) >= 11 is 1.23. The first-order chi connectivity index (χ1) is 9.87. The molecule has 1 aromatic heterocycles. The second-order valence-corrected chi connectivity index (χ2v) is 7.39. The first kappa shape index (κ1) is 14.2. The van der Waals surface area contributed by atoms with Gasteiger partial charge in [-0.3, -0.25) is 4.72 Å². The molecule has 1 aliphatic rings. The molecule has 0 radical (unpaired) electrons. The minimum Gasteiger partial charge on any atom is -0.396 e. The van der Waals surface area contributed by atoms with Gasteiger partial charge in [0.2, 0.25) is 0 Å². The summed E-state index contributed by atoms with van der Waals surface area (Å²) in [6, 6.07) is 1.21. The van der Waals surface area contributed by atoms with E-state index in [1.165, 1.54) is 11.3 Å². The number of aryl methyl sites for hydroxylation is 2. The summed E-state index contributed by atoms with van der Waals surface area (Å²) in [6.07, 6.45) is 2.68. The number of thiazole rings is 1. The quantitative estimate of drug-likeness (QED) is 0.845. The van der Waals surface area contributed by atoms with E-state index in [1.807, 2.05) is 0 Å². The molecule has 1 aliphatic carbocycles. The van der Waals surface area contributed by atoms with E-state index in [9.17, 15) is 17.2 Å². The number of nitrogens with two attached hydrogens (primary N) is 1. The number of rotatable bonds is 3. The number of nitrogens with one attached hydrogen (secondary N) is 1. The minimum atomic E-state index is -4.19. The van der Waals surface area contributed by atoms with Crippen LogP contribution in [0, 0.1) is 11.6 Å². The summed E-state index contributed by atoms with van der Waals surface area (Å²) in [4.78, 5) is 4.51. The van der Waals surface area contributed by atoms with E-state index < -0.39 is 32.2 Å². The highest BCUT2D eigenvalue weighted by molar-refractivity contribution is 7.93. The number of hydrogen-bond donors (Lipinski definition) is 2. The zero-order valence-electron chi connectivity index (χ0n) is 10.7. The van der Waals surface area contributed by atoms with Crippen molar-refractivity contribution >= 4 is 32.2 Å². The lowest BCUT2D eigenvalue weighted by molar-refractivity contribution is 0.553. The Bertz CT molecular complexity index is 797. The number of fused-ring (bicyclic) bond motifs is 1. The van der Waals surface area contributed by atoms with Gasteiger partial charge in [-0.1, -0.05) is 0 Å². The lowest BCUT2D eigenvalue weighted by Crippen LogP contribution is -2.15. The Morgan fingerprint density at radius 1 is 1.24 bits per heavy atom. The molecule has 0 fully saturated rings. The average molecular weight is 331 g/mol. The molecule has 1 heterocycles. The molecule has 0 amide bonds. The summed E-state index contributed by atoms with van der Waals surface area (Å²) < 4.78 is 53.3. The Hall–Kier alpha value is -1.74. The zero-order valence-corrected chi connectivity index (χ0v) is 12.3. The van der Waals surface area contributed by atoms with Crippen molar-refractivity contribution in [1.82, 2.24) is 4.98 Å². The maximum Gasteiger partial charge on any atom is 0.266 e. The van der Waals surface area contributed by atoms with Crippen LogP contribution in [0.2, 0.25) is 0 Å². The van der Waals surface area contributed by atoms with Crippen LogP contribution in [0.1, 0.15) is 17.0 Å². The molecule has 0 bridgehead atoms. The van der Waals surface area contributed by atoms with Crippen molar-refractivity contribution in [3.63, 3.8) is 0 Å². The van der Waals surface area contributed by atoms with Gasteiger partial charge < -0.3 is 5.73 Å². The third-order valence-corrected chi connectivity index (χ3v) is 5.71. The highest BCUT2D eigenvalue weighted by Crippen LogP contribution is 2.32. The number of halogens is 2. The first-order valence-corrected chi connectivity index (χ1v) is 8.43. The molecular weight excluding hydrogens is 320 g/mol. The fraction of sp³-hybridized carbons (Fsp3) is 0.250. The van der Waals surface area contributed by atoms with E-state index in [1.54, 1.807) is 0 Å². The fourth-order valence-electron chi connectivity index (χ4n) is 2.15. The summed E-state index contributed by atoms with van der Waals surface area (Å²) in [5.41, 5.74) is 5.73. The van der Waals surface area contributed by atoms with E-state index >= 15 is 0 Å². The third kappa shape index (κ3) is 2.58. The highest BCUT2D eigenvalue weighted by atomic mass is 32.2. The number of aromatic nitrogens is 1. The Balaban J connectivity index is 1.95. The van der Waals surface area contributed by atoms with E-state index in [-0.39, 0.29) is 5.13 Å². The van der Waals surface area contributed by atoms with Crippen LogP contribution in [-0.2, 0) is 22.9 Å². The molecule has 0 unspecified atom stereocenters. The van der Waals surface area contributed by atoms with E-state index in [0.717, 1.165) is 35.9 Å². The second kappa shape index (κ2) is 4.92. The molecule has 2 aromatic rings. The van der Waals surface area contributed by atoms with Crippen LogP contribution in [0.15, 0.2) is 17.0 Å². The SMILES string of the molecule is Nc1cc(S(=O)(=O)Nc2nc3c(s2)CCC3)c(F)cc1F. The number of anilines is 2. The lowest BCUT2D eigenvalue weighted by atomic mass is 10.3. The topological polar surface area (TPSA) is 85.1 Å². The largest absolute Gasteiger partial charge is 0.396 e. The highest BCUT2D eigenvalue weighted by Gasteiger charge is 2.24. The van der Waals surface area contributed by atoms with Crippen LogP contribution in [0.4, 0.5) is 19.6 Å². The summed E-state index contributed by atoms with van der Waals surface area (Å²) in [5, 5.41) is 0.182. The van der Waals surface area contributed by atoms with Gasteiger partial charge in [-0.25, -0.2) is 22.2 Å². The average Bonchev–Trinajstić information content (AvgIpc) is 2.93. The molecule has 1 aromatic carbocycles. The lowest BCUT2D eigenvalue weighted by Gasteiger charge is -2.07. The maximum absolute atomic E-state index is 13.7. The van der Waals surface area contributed by atoms with Crippen molar-refractivity contribution in [2.24, 2.45) is 0 Å². The zero-order chi connectivity index (χ0) is 15.2. The first-order valence-electron chi connectivity index (χ1n) is 6.13. The van der Waals surface area contributed by atoms with Crippen LogP contribution in [0.5, 0.6) is 0 Å². The smallest absolute Gasteiger partial charge is 0.266 e. The summed E-state index contributed by atoms with van der Waals surface area (Å²) in [5.74, 6) is -2.20. The molecule has 3 rings (SSSR count). The number of benzene rings is 1. The maximum atomic E-state index is 13.7.